The maximum Gasteiger partial charge on any atom is 0.270 e. The second-order valence-electron chi connectivity index (χ2n) is 7.19. The maximum absolute atomic E-state index is 12.4. The third-order valence-corrected chi connectivity index (χ3v) is 4.18. The lowest BCUT2D eigenvalue weighted by Crippen LogP contribution is -2.26. The topological polar surface area (TPSA) is 76.1 Å². The number of aromatic nitrogens is 2. The van der Waals surface area contributed by atoms with Crippen LogP contribution >= 0.6 is 0 Å². The molecule has 3 rings (SSSR count). The molecule has 0 fully saturated rings. The van der Waals surface area contributed by atoms with Crippen LogP contribution in [0.2, 0.25) is 0 Å². The van der Waals surface area contributed by atoms with Crippen molar-refractivity contribution >= 4 is 17.4 Å². The van der Waals surface area contributed by atoms with E-state index in [-0.39, 0.29) is 5.91 Å². The van der Waals surface area contributed by atoms with Crippen LogP contribution in [0.1, 0.15) is 36.6 Å². The number of hydrogen-bond acceptors (Lipinski definition) is 5. The lowest BCUT2D eigenvalue weighted by Gasteiger charge is -2.11. The van der Waals surface area contributed by atoms with Gasteiger partial charge in [-0.05, 0) is 55.7 Å². The number of ether oxygens (including phenoxy) is 1. The Labute approximate surface area is 171 Å². The first-order valence-corrected chi connectivity index (χ1v) is 9.73. The average Bonchev–Trinajstić information content (AvgIpc) is 2.69. The molecule has 0 radical (unpaired) electrons. The van der Waals surface area contributed by atoms with Crippen molar-refractivity contribution in [2.24, 2.45) is 5.92 Å². The van der Waals surface area contributed by atoms with Crippen molar-refractivity contribution in [3.05, 3.63) is 72.2 Å². The Morgan fingerprint density at radius 3 is 2.38 bits per heavy atom. The molecular weight excluding hydrogens is 364 g/mol. The molecule has 0 unspecified atom stereocenters. The summed E-state index contributed by atoms with van der Waals surface area (Å²) in [6.45, 7) is 6.65. The van der Waals surface area contributed by atoms with Gasteiger partial charge in [0.1, 0.15) is 28.8 Å². The van der Waals surface area contributed by atoms with Crippen molar-refractivity contribution in [2.45, 2.75) is 27.2 Å². The van der Waals surface area contributed by atoms with Crippen molar-refractivity contribution in [1.82, 2.24) is 15.3 Å². The molecule has 0 atom stereocenters. The zero-order valence-electron chi connectivity index (χ0n) is 17.0. The summed E-state index contributed by atoms with van der Waals surface area (Å²) in [7, 11) is 0. The molecule has 3 aromatic rings. The SMILES string of the molecule is Cc1nc(Nc2ccc(Oc3ccccc3)cc2)cc(C(=O)NCCC(C)C)n1. The van der Waals surface area contributed by atoms with Crippen LogP contribution in [-0.2, 0) is 0 Å². The van der Waals surface area contributed by atoms with Gasteiger partial charge < -0.3 is 15.4 Å². The predicted molar refractivity (Wildman–Crippen MR) is 115 cm³/mol. The molecule has 1 amide bonds. The Hall–Kier alpha value is -3.41. The Balaban J connectivity index is 1.65. The molecule has 0 aliphatic carbocycles. The molecule has 0 spiro atoms. The van der Waals surface area contributed by atoms with Gasteiger partial charge in [0.2, 0.25) is 0 Å². The lowest BCUT2D eigenvalue weighted by molar-refractivity contribution is 0.0946. The minimum atomic E-state index is -0.189. The normalized spacial score (nSPS) is 10.6. The second-order valence-corrected chi connectivity index (χ2v) is 7.19. The monoisotopic (exact) mass is 390 g/mol. The molecule has 0 saturated carbocycles. The number of nitrogens with zero attached hydrogens (tertiary/aromatic N) is 2. The Kier molecular flexibility index (Phi) is 6.79. The first-order chi connectivity index (χ1) is 14.0. The van der Waals surface area contributed by atoms with E-state index < -0.39 is 0 Å². The average molecular weight is 390 g/mol. The Morgan fingerprint density at radius 2 is 1.69 bits per heavy atom. The van der Waals surface area contributed by atoms with Gasteiger partial charge in [0.25, 0.3) is 5.91 Å². The second kappa shape index (κ2) is 9.68. The maximum atomic E-state index is 12.4. The van der Waals surface area contributed by atoms with E-state index >= 15 is 0 Å². The van der Waals surface area contributed by atoms with Crippen LogP contribution in [0.5, 0.6) is 11.5 Å². The van der Waals surface area contributed by atoms with Crippen molar-refractivity contribution < 1.29 is 9.53 Å². The van der Waals surface area contributed by atoms with E-state index in [4.69, 9.17) is 4.74 Å². The third-order valence-electron chi connectivity index (χ3n) is 4.18. The fraction of sp³-hybridized carbons (Fsp3) is 0.261. The third kappa shape index (κ3) is 6.31. The van der Waals surface area contributed by atoms with Crippen LogP contribution in [0, 0.1) is 12.8 Å². The lowest BCUT2D eigenvalue weighted by atomic mass is 10.1. The van der Waals surface area contributed by atoms with Gasteiger partial charge in [-0.3, -0.25) is 4.79 Å². The number of para-hydroxylation sites is 1. The molecule has 1 heterocycles. The number of anilines is 2. The standard InChI is InChI=1S/C23H26N4O2/c1-16(2)13-14-24-23(28)21-15-22(26-17(3)25-21)27-18-9-11-20(12-10-18)29-19-7-5-4-6-8-19/h4-12,15-16H,13-14H2,1-3H3,(H,24,28)(H,25,26,27). The van der Waals surface area contributed by atoms with Gasteiger partial charge in [-0.2, -0.15) is 0 Å². The van der Waals surface area contributed by atoms with Crippen LogP contribution in [-0.4, -0.2) is 22.4 Å². The quantitative estimate of drug-likeness (QED) is 0.560. The molecule has 150 valence electrons. The summed E-state index contributed by atoms with van der Waals surface area (Å²) in [6.07, 6.45) is 0.929. The van der Waals surface area contributed by atoms with Gasteiger partial charge in [-0.25, -0.2) is 9.97 Å². The summed E-state index contributed by atoms with van der Waals surface area (Å²) < 4.78 is 5.80. The van der Waals surface area contributed by atoms with Crippen LogP contribution < -0.4 is 15.4 Å². The van der Waals surface area contributed by atoms with Crippen molar-refractivity contribution in [1.29, 1.82) is 0 Å². The van der Waals surface area contributed by atoms with E-state index in [0.717, 1.165) is 23.6 Å². The van der Waals surface area contributed by atoms with Crippen LogP contribution in [0.25, 0.3) is 0 Å². The molecule has 2 N–H and O–H groups in total. The largest absolute Gasteiger partial charge is 0.457 e. The number of rotatable bonds is 8. The first kappa shape index (κ1) is 20.3. The summed E-state index contributed by atoms with van der Waals surface area (Å²) in [5.41, 5.74) is 1.20. The number of carbonyl (C=O) groups is 1. The molecule has 6 heteroatoms. The predicted octanol–water partition coefficient (Wildman–Crippen LogP) is 5.10. The number of aryl methyl sites for hydroxylation is 1. The molecule has 2 aromatic carbocycles. The Morgan fingerprint density at radius 1 is 1.00 bits per heavy atom. The highest BCUT2D eigenvalue weighted by molar-refractivity contribution is 5.93. The van der Waals surface area contributed by atoms with E-state index in [2.05, 4.69) is 34.4 Å². The van der Waals surface area contributed by atoms with E-state index in [1.807, 2.05) is 54.6 Å². The molecular formula is C23H26N4O2. The van der Waals surface area contributed by atoms with Crippen LogP contribution in [0.3, 0.4) is 0 Å². The van der Waals surface area contributed by atoms with Gasteiger partial charge >= 0.3 is 0 Å². The number of hydrogen-bond donors (Lipinski definition) is 2. The van der Waals surface area contributed by atoms with Gasteiger partial charge in [-0.1, -0.05) is 32.0 Å². The van der Waals surface area contributed by atoms with Gasteiger partial charge in [0, 0.05) is 18.3 Å². The van der Waals surface area contributed by atoms with E-state index in [9.17, 15) is 4.79 Å². The minimum Gasteiger partial charge on any atom is -0.457 e. The summed E-state index contributed by atoms with van der Waals surface area (Å²) in [5, 5.41) is 6.12. The van der Waals surface area contributed by atoms with Crippen molar-refractivity contribution in [3.63, 3.8) is 0 Å². The van der Waals surface area contributed by atoms with E-state index in [0.29, 0.717) is 29.8 Å². The summed E-state index contributed by atoms with van der Waals surface area (Å²) >= 11 is 0. The highest BCUT2D eigenvalue weighted by Crippen LogP contribution is 2.24. The van der Waals surface area contributed by atoms with E-state index in [1.165, 1.54) is 0 Å². The number of nitrogens with one attached hydrogen (secondary N) is 2. The minimum absolute atomic E-state index is 0.189. The zero-order chi connectivity index (χ0) is 20.6. The smallest absolute Gasteiger partial charge is 0.270 e. The zero-order valence-corrected chi connectivity index (χ0v) is 17.0. The highest BCUT2D eigenvalue weighted by atomic mass is 16.5. The van der Waals surface area contributed by atoms with Crippen molar-refractivity contribution in [2.75, 3.05) is 11.9 Å². The molecule has 0 saturated heterocycles. The summed E-state index contributed by atoms with van der Waals surface area (Å²) in [6, 6.07) is 18.8. The molecule has 1 aromatic heterocycles. The Bertz CT molecular complexity index is 941. The molecule has 0 aliphatic rings. The fourth-order valence-corrected chi connectivity index (χ4v) is 2.69. The van der Waals surface area contributed by atoms with Crippen LogP contribution in [0.15, 0.2) is 60.7 Å². The van der Waals surface area contributed by atoms with Crippen molar-refractivity contribution in [3.8, 4) is 11.5 Å². The fourth-order valence-electron chi connectivity index (χ4n) is 2.69. The van der Waals surface area contributed by atoms with E-state index in [1.54, 1.807) is 13.0 Å². The van der Waals surface area contributed by atoms with Gasteiger partial charge in [0.05, 0.1) is 0 Å². The first-order valence-electron chi connectivity index (χ1n) is 9.73. The number of carbonyl (C=O) groups excluding carboxylic acids is 1. The summed E-state index contributed by atoms with van der Waals surface area (Å²) in [4.78, 5) is 21.0. The van der Waals surface area contributed by atoms with Crippen LogP contribution in [0.4, 0.5) is 11.5 Å². The number of benzene rings is 2. The molecule has 6 nitrogen and oxygen atoms in total. The molecule has 0 aliphatic heterocycles. The molecule has 29 heavy (non-hydrogen) atoms. The highest BCUT2D eigenvalue weighted by Gasteiger charge is 2.11. The van der Waals surface area contributed by atoms with Gasteiger partial charge in [0.15, 0.2) is 0 Å². The number of amides is 1. The van der Waals surface area contributed by atoms with Gasteiger partial charge in [-0.15, -0.1) is 0 Å². The molecule has 0 bridgehead atoms. The summed E-state index contributed by atoms with van der Waals surface area (Å²) in [5.74, 6) is 2.98.